The maximum absolute atomic E-state index is 11.5. The van der Waals surface area contributed by atoms with E-state index in [2.05, 4.69) is 0 Å². The molecule has 1 rings (SSSR count). The van der Waals surface area contributed by atoms with Crippen LogP contribution < -0.4 is 10.4 Å². The van der Waals surface area contributed by atoms with Crippen LogP contribution in [0.4, 0.5) is 0 Å². The second-order valence-electron chi connectivity index (χ2n) is 3.96. The van der Waals surface area contributed by atoms with Gasteiger partial charge in [-0.15, -0.1) is 0 Å². The minimum atomic E-state index is -0.429. The Morgan fingerprint density at radius 2 is 2.06 bits per heavy atom. The first-order valence-electron chi connectivity index (χ1n) is 5.49. The number of ketones is 1. The highest BCUT2D eigenvalue weighted by Gasteiger charge is 2.05. The SMILES string of the molecule is COc1cc(/C=C/C(C)=C/C(C)=O)oc(=O)c1C. The smallest absolute Gasteiger partial charge is 0.342 e. The van der Waals surface area contributed by atoms with Crippen molar-refractivity contribution in [1.29, 1.82) is 0 Å². The summed E-state index contributed by atoms with van der Waals surface area (Å²) in [5, 5.41) is 0. The minimum absolute atomic E-state index is 0.0277. The van der Waals surface area contributed by atoms with Gasteiger partial charge in [0.05, 0.1) is 12.7 Å². The number of carbonyl (C=O) groups excluding carboxylic acids is 1. The molecule has 0 amide bonds. The van der Waals surface area contributed by atoms with E-state index >= 15 is 0 Å². The molecule has 4 nitrogen and oxygen atoms in total. The van der Waals surface area contributed by atoms with E-state index in [9.17, 15) is 9.59 Å². The third-order valence-electron chi connectivity index (χ3n) is 2.32. The Labute approximate surface area is 106 Å². The van der Waals surface area contributed by atoms with E-state index in [1.165, 1.54) is 20.1 Å². The van der Waals surface area contributed by atoms with Crippen LogP contribution in [0.5, 0.6) is 5.75 Å². The molecule has 0 spiro atoms. The average molecular weight is 248 g/mol. The molecule has 18 heavy (non-hydrogen) atoms. The Kier molecular flexibility index (Phi) is 4.66. The van der Waals surface area contributed by atoms with Crippen molar-refractivity contribution in [2.45, 2.75) is 20.8 Å². The van der Waals surface area contributed by atoms with E-state index in [4.69, 9.17) is 9.15 Å². The van der Waals surface area contributed by atoms with E-state index in [-0.39, 0.29) is 5.78 Å². The molecule has 1 aromatic heterocycles. The first-order valence-corrected chi connectivity index (χ1v) is 5.49. The molecule has 0 aromatic carbocycles. The van der Waals surface area contributed by atoms with Crippen molar-refractivity contribution in [3.8, 4) is 5.75 Å². The zero-order chi connectivity index (χ0) is 13.7. The molecule has 0 N–H and O–H groups in total. The van der Waals surface area contributed by atoms with Crippen molar-refractivity contribution < 1.29 is 13.9 Å². The Hall–Kier alpha value is -2.10. The van der Waals surface area contributed by atoms with E-state index < -0.39 is 5.63 Å². The zero-order valence-corrected chi connectivity index (χ0v) is 10.9. The highest BCUT2D eigenvalue weighted by Crippen LogP contribution is 2.16. The van der Waals surface area contributed by atoms with Gasteiger partial charge in [0.2, 0.25) is 0 Å². The van der Waals surface area contributed by atoms with Gasteiger partial charge in [-0.1, -0.05) is 6.08 Å². The molecule has 0 bridgehead atoms. The number of rotatable bonds is 4. The van der Waals surface area contributed by atoms with Crippen LogP contribution in [-0.4, -0.2) is 12.9 Å². The summed E-state index contributed by atoms with van der Waals surface area (Å²) in [4.78, 5) is 22.4. The molecule has 0 saturated carbocycles. The summed E-state index contributed by atoms with van der Waals surface area (Å²) in [5.41, 5.74) is 0.789. The maximum Gasteiger partial charge on any atom is 0.342 e. The van der Waals surface area contributed by atoms with Crippen molar-refractivity contribution in [2.24, 2.45) is 0 Å². The summed E-state index contributed by atoms with van der Waals surface area (Å²) in [6, 6.07) is 1.63. The lowest BCUT2D eigenvalue weighted by atomic mass is 10.2. The van der Waals surface area contributed by atoms with Crippen molar-refractivity contribution in [1.82, 2.24) is 0 Å². The molecule has 0 atom stereocenters. The number of methoxy groups -OCH3 is 1. The van der Waals surface area contributed by atoms with Gasteiger partial charge >= 0.3 is 5.63 Å². The monoisotopic (exact) mass is 248 g/mol. The highest BCUT2D eigenvalue weighted by atomic mass is 16.5. The minimum Gasteiger partial charge on any atom is -0.496 e. The number of ether oxygens (including phenoxy) is 1. The summed E-state index contributed by atoms with van der Waals surface area (Å²) in [6.45, 7) is 4.91. The molecule has 4 heteroatoms. The van der Waals surface area contributed by atoms with Crippen molar-refractivity contribution >= 4 is 11.9 Å². The fourth-order valence-electron chi connectivity index (χ4n) is 1.43. The van der Waals surface area contributed by atoms with Crippen LogP contribution in [0.2, 0.25) is 0 Å². The van der Waals surface area contributed by atoms with Crippen LogP contribution in [0.3, 0.4) is 0 Å². The molecule has 0 radical (unpaired) electrons. The first kappa shape index (κ1) is 14.0. The maximum atomic E-state index is 11.5. The van der Waals surface area contributed by atoms with Gasteiger partial charge in [0.25, 0.3) is 0 Å². The molecule has 0 aliphatic rings. The molecular weight excluding hydrogens is 232 g/mol. The number of allylic oxidation sites excluding steroid dienone is 3. The van der Waals surface area contributed by atoms with Gasteiger partial charge in [-0.05, 0) is 38.5 Å². The number of hydrogen-bond donors (Lipinski definition) is 0. The van der Waals surface area contributed by atoms with Gasteiger partial charge in [0, 0.05) is 6.07 Å². The number of hydrogen-bond acceptors (Lipinski definition) is 4. The lowest BCUT2D eigenvalue weighted by Gasteiger charge is -2.03. The van der Waals surface area contributed by atoms with Crippen LogP contribution in [0, 0.1) is 6.92 Å². The molecule has 0 saturated heterocycles. The molecule has 0 aliphatic heterocycles. The molecule has 1 heterocycles. The quantitative estimate of drug-likeness (QED) is 0.607. The standard InChI is InChI=1S/C14H16O4/c1-9(7-10(2)15)5-6-12-8-13(17-4)11(3)14(16)18-12/h5-8H,1-4H3/b6-5+,9-7+. The predicted octanol–water partition coefficient (Wildman–Crippen LogP) is 2.51. The summed E-state index contributed by atoms with van der Waals surface area (Å²) in [7, 11) is 1.50. The lowest BCUT2D eigenvalue weighted by molar-refractivity contribution is -0.112. The largest absolute Gasteiger partial charge is 0.496 e. The highest BCUT2D eigenvalue weighted by molar-refractivity contribution is 5.88. The molecule has 0 unspecified atom stereocenters. The summed E-state index contributed by atoms with van der Waals surface area (Å²) in [6.07, 6.45) is 4.83. The summed E-state index contributed by atoms with van der Waals surface area (Å²) in [5.74, 6) is 0.845. The Bertz CT molecular complexity index is 562. The molecule has 1 aromatic rings. The normalized spacial score (nSPS) is 11.9. The Morgan fingerprint density at radius 3 is 2.61 bits per heavy atom. The van der Waals surface area contributed by atoms with Crippen molar-refractivity contribution in [2.75, 3.05) is 7.11 Å². The molecular formula is C14H16O4. The van der Waals surface area contributed by atoms with E-state index in [1.807, 2.05) is 0 Å². The first-order chi connectivity index (χ1) is 8.43. The molecule has 0 aliphatic carbocycles. The van der Waals surface area contributed by atoms with Gasteiger partial charge in [0.1, 0.15) is 11.5 Å². The van der Waals surface area contributed by atoms with E-state index in [1.54, 1.807) is 32.1 Å². The Morgan fingerprint density at radius 1 is 1.39 bits per heavy atom. The van der Waals surface area contributed by atoms with E-state index in [0.717, 1.165) is 5.57 Å². The second kappa shape index (κ2) is 6.00. The van der Waals surface area contributed by atoms with Crippen molar-refractivity contribution in [3.63, 3.8) is 0 Å². The van der Waals surface area contributed by atoms with Gasteiger partial charge in [0.15, 0.2) is 5.78 Å². The van der Waals surface area contributed by atoms with Crippen LogP contribution in [-0.2, 0) is 4.79 Å². The summed E-state index contributed by atoms with van der Waals surface area (Å²) < 4.78 is 10.1. The molecule has 96 valence electrons. The predicted molar refractivity (Wildman–Crippen MR) is 69.7 cm³/mol. The van der Waals surface area contributed by atoms with Crippen molar-refractivity contribution in [3.05, 3.63) is 45.5 Å². The fourth-order valence-corrected chi connectivity index (χ4v) is 1.43. The Balaban J connectivity index is 3.06. The fraction of sp³-hybridized carbons (Fsp3) is 0.286. The average Bonchev–Trinajstić information content (AvgIpc) is 2.29. The van der Waals surface area contributed by atoms with Gasteiger partial charge in [-0.2, -0.15) is 0 Å². The third kappa shape index (κ3) is 3.73. The van der Waals surface area contributed by atoms with Gasteiger partial charge < -0.3 is 9.15 Å². The molecule has 0 fully saturated rings. The van der Waals surface area contributed by atoms with Crippen LogP contribution in [0.25, 0.3) is 6.08 Å². The third-order valence-corrected chi connectivity index (χ3v) is 2.32. The summed E-state index contributed by atoms with van der Waals surface area (Å²) >= 11 is 0. The van der Waals surface area contributed by atoms with Crippen LogP contribution >= 0.6 is 0 Å². The van der Waals surface area contributed by atoms with Gasteiger partial charge in [-0.25, -0.2) is 4.79 Å². The van der Waals surface area contributed by atoms with Crippen LogP contribution in [0.1, 0.15) is 25.2 Å². The van der Waals surface area contributed by atoms with Crippen LogP contribution in [0.15, 0.2) is 33.0 Å². The second-order valence-corrected chi connectivity index (χ2v) is 3.96. The zero-order valence-electron chi connectivity index (χ0n) is 10.9. The van der Waals surface area contributed by atoms with E-state index in [0.29, 0.717) is 17.1 Å². The number of carbonyl (C=O) groups is 1. The topological polar surface area (TPSA) is 56.5 Å². The van der Waals surface area contributed by atoms with Gasteiger partial charge in [-0.3, -0.25) is 4.79 Å². The lowest BCUT2D eigenvalue weighted by Crippen LogP contribution is -2.05.